The van der Waals surface area contributed by atoms with Crippen LogP contribution in [0.25, 0.3) is 0 Å². The molecule has 0 aromatic heterocycles. The summed E-state index contributed by atoms with van der Waals surface area (Å²) in [6, 6.07) is 0. The summed E-state index contributed by atoms with van der Waals surface area (Å²) in [5, 5.41) is 67.9. The molecule has 4 atom stereocenters. The minimum atomic E-state index is -3.38. The molecule has 0 fully saturated rings. The highest BCUT2D eigenvalue weighted by Gasteiger charge is 2.63. The highest BCUT2D eigenvalue weighted by molar-refractivity contribution is 6.26. The summed E-state index contributed by atoms with van der Waals surface area (Å²) in [6.07, 6.45) is 11.2. The third kappa shape index (κ3) is 13.3. The quantitative estimate of drug-likeness (QED) is 0.0487. The Balaban J connectivity index is 4.97. The second kappa shape index (κ2) is 23.7. The van der Waals surface area contributed by atoms with Crippen LogP contribution in [0.1, 0.15) is 122 Å². The molecule has 0 aliphatic heterocycles. The van der Waals surface area contributed by atoms with E-state index in [1.165, 1.54) is 64.2 Å². The monoisotopic (exact) mass is 604 g/mol. The third-order valence-corrected chi connectivity index (χ3v) is 8.03. The minimum Gasteiger partial charge on any atom is -0.480 e. The van der Waals surface area contributed by atoms with Crippen LogP contribution >= 0.6 is 0 Å². The van der Waals surface area contributed by atoms with Crippen LogP contribution < -0.4 is 0 Å². The van der Waals surface area contributed by atoms with Crippen LogP contribution in [0.2, 0.25) is 0 Å². The van der Waals surface area contributed by atoms with E-state index in [1.807, 2.05) is 0 Å². The Morgan fingerprint density at radius 2 is 0.833 bits per heavy atom. The number of carboxylic acids is 1. The summed E-state index contributed by atoms with van der Waals surface area (Å²) >= 11 is 0. The van der Waals surface area contributed by atoms with Crippen LogP contribution in [0.3, 0.4) is 0 Å². The summed E-state index contributed by atoms with van der Waals surface area (Å²) < 4.78 is 0. The first kappa shape index (κ1) is 40.2. The zero-order chi connectivity index (χ0) is 32.0. The van der Waals surface area contributed by atoms with Gasteiger partial charge in [0.2, 0.25) is 0 Å². The molecule has 0 heterocycles. The van der Waals surface area contributed by atoms with Gasteiger partial charge in [0.05, 0.1) is 25.7 Å². The first-order valence-corrected chi connectivity index (χ1v) is 15.8. The standard InChI is InChI=1S/C31H56O11/c1-2-3-4-5-6-7-8-9-10-11-12-13-14-15-16-17-18-19-23(27(38)24(35)20-32)31(30(41)42,28(39)25(36)21-33)29(40)26(37)22-34/h23-26,32-37H,2-22H2,1H3,(H,41,42). The zero-order valence-corrected chi connectivity index (χ0v) is 25.4. The molecule has 0 amide bonds. The molecule has 7 N–H and O–H groups in total. The van der Waals surface area contributed by atoms with E-state index in [2.05, 4.69) is 6.92 Å². The Kier molecular flexibility index (Phi) is 22.7. The van der Waals surface area contributed by atoms with Crippen molar-refractivity contribution in [1.29, 1.82) is 0 Å². The predicted octanol–water partition coefficient (Wildman–Crippen LogP) is 2.48. The number of aliphatic hydroxyl groups is 6. The van der Waals surface area contributed by atoms with E-state index in [0.29, 0.717) is 6.42 Å². The van der Waals surface area contributed by atoms with E-state index in [-0.39, 0.29) is 12.8 Å². The van der Waals surface area contributed by atoms with Crippen molar-refractivity contribution in [2.75, 3.05) is 19.8 Å². The largest absolute Gasteiger partial charge is 0.480 e. The van der Waals surface area contributed by atoms with E-state index >= 15 is 0 Å². The summed E-state index contributed by atoms with van der Waals surface area (Å²) in [5.74, 6) is -9.05. The number of aliphatic carboxylic acids is 1. The van der Waals surface area contributed by atoms with E-state index in [9.17, 15) is 54.9 Å². The van der Waals surface area contributed by atoms with Gasteiger partial charge >= 0.3 is 5.97 Å². The highest BCUT2D eigenvalue weighted by atomic mass is 16.4. The molecule has 11 nitrogen and oxygen atoms in total. The van der Waals surface area contributed by atoms with Crippen molar-refractivity contribution < 1.29 is 54.9 Å². The van der Waals surface area contributed by atoms with Crippen molar-refractivity contribution in [2.24, 2.45) is 11.3 Å². The van der Waals surface area contributed by atoms with Gasteiger partial charge in [-0.05, 0) is 6.42 Å². The molecule has 0 spiro atoms. The smallest absolute Gasteiger partial charge is 0.325 e. The molecule has 0 rings (SSSR count). The number of carbonyl (C=O) groups excluding carboxylic acids is 3. The van der Waals surface area contributed by atoms with E-state index < -0.39 is 72.8 Å². The maximum absolute atomic E-state index is 13.0. The number of carboxylic acid groups (broad SMARTS) is 1. The van der Waals surface area contributed by atoms with Crippen molar-refractivity contribution in [1.82, 2.24) is 0 Å². The number of ketones is 3. The van der Waals surface area contributed by atoms with Crippen molar-refractivity contribution in [3.05, 3.63) is 0 Å². The normalized spacial score (nSPS) is 15.9. The van der Waals surface area contributed by atoms with Crippen LogP contribution in [0.5, 0.6) is 0 Å². The molecule has 0 saturated carbocycles. The maximum Gasteiger partial charge on any atom is 0.325 e. The van der Waals surface area contributed by atoms with Crippen LogP contribution in [0.15, 0.2) is 0 Å². The molecule has 0 bridgehead atoms. The lowest BCUT2D eigenvalue weighted by Gasteiger charge is -2.36. The van der Waals surface area contributed by atoms with Gasteiger partial charge in [-0.25, -0.2) is 0 Å². The van der Waals surface area contributed by atoms with Crippen LogP contribution in [0.4, 0.5) is 0 Å². The zero-order valence-electron chi connectivity index (χ0n) is 25.4. The van der Waals surface area contributed by atoms with Gasteiger partial charge in [-0.2, -0.15) is 0 Å². The molecule has 42 heavy (non-hydrogen) atoms. The lowest BCUT2D eigenvalue weighted by Crippen LogP contribution is -2.62. The van der Waals surface area contributed by atoms with Gasteiger partial charge < -0.3 is 35.7 Å². The Bertz CT molecular complexity index is 748. The predicted molar refractivity (Wildman–Crippen MR) is 157 cm³/mol. The van der Waals surface area contributed by atoms with Gasteiger partial charge in [-0.15, -0.1) is 0 Å². The average Bonchev–Trinajstić information content (AvgIpc) is 2.99. The molecular weight excluding hydrogens is 548 g/mol. The fraction of sp³-hybridized carbons (Fsp3) is 0.871. The van der Waals surface area contributed by atoms with E-state index in [1.54, 1.807) is 0 Å². The first-order chi connectivity index (χ1) is 20.1. The third-order valence-electron chi connectivity index (χ3n) is 8.03. The van der Waals surface area contributed by atoms with Gasteiger partial charge in [0.15, 0.2) is 22.8 Å². The van der Waals surface area contributed by atoms with Crippen molar-refractivity contribution >= 4 is 23.3 Å². The average molecular weight is 605 g/mol. The highest BCUT2D eigenvalue weighted by Crippen LogP contribution is 2.38. The lowest BCUT2D eigenvalue weighted by atomic mass is 9.62. The molecule has 0 aromatic carbocycles. The minimum absolute atomic E-state index is 0.174. The summed E-state index contributed by atoms with van der Waals surface area (Å²) in [5.41, 5.74) is -3.38. The van der Waals surface area contributed by atoms with Gasteiger partial charge in [-0.3, -0.25) is 19.2 Å². The molecule has 246 valence electrons. The number of carbonyl (C=O) groups is 4. The fourth-order valence-corrected chi connectivity index (χ4v) is 5.48. The van der Waals surface area contributed by atoms with E-state index in [4.69, 9.17) is 0 Å². The molecule has 0 aliphatic rings. The number of rotatable bonds is 29. The van der Waals surface area contributed by atoms with Gasteiger partial charge in [0, 0.05) is 0 Å². The fourth-order valence-electron chi connectivity index (χ4n) is 5.48. The Morgan fingerprint density at radius 1 is 0.524 bits per heavy atom. The lowest BCUT2D eigenvalue weighted by molar-refractivity contribution is -0.176. The van der Waals surface area contributed by atoms with Crippen LogP contribution in [-0.4, -0.2) is 97.2 Å². The van der Waals surface area contributed by atoms with E-state index in [0.717, 1.165) is 32.1 Å². The molecule has 4 unspecified atom stereocenters. The maximum atomic E-state index is 13.0. The molecule has 0 radical (unpaired) electrons. The summed E-state index contributed by atoms with van der Waals surface area (Å²) in [6.45, 7) is -1.42. The number of Topliss-reactive ketones (excluding diaryl/α,β-unsaturated/α-hetero) is 3. The Hall–Kier alpha value is -1.76. The molecule has 0 aromatic rings. The summed E-state index contributed by atoms with van der Waals surface area (Å²) in [4.78, 5) is 51.5. The number of unbranched alkanes of at least 4 members (excludes halogenated alkanes) is 16. The van der Waals surface area contributed by atoms with Crippen molar-refractivity contribution in [2.45, 2.75) is 141 Å². The SMILES string of the molecule is CCCCCCCCCCCCCCCCCCCC(C(=O)C(O)CO)C(C(=O)O)(C(=O)C(O)CO)C(=O)C(O)CO. The second-order valence-electron chi connectivity index (χ2n) is 11.3. The summed E-state index contributed by atoms with van der Waals surface area (Å²) in [7, 11) is 0. The molecular formula is C31H56O11. The van der Waals surface area contributed by atoms with Gasteiger partial charge in [0.25, 0.3) is 0 Å². The molecule has 0 saturated heterocycles. The van der Waals surface area contributed by atoms with Crippen molar-refractivity contribution in [3.63, 3.8) is 0 Å². The topological polar surface area (TPSA) is 210 Å². The van der Waals surface area contributed by atoms with Crippen molar-refractivity contribution in [3.8, 4) is 0 Å². The number of aliphatic hydroxyl groups excluding tert-OH is 6. The Labute approximate surface area is 250 Å². The molecule has 11 heteroatoms. The second-order valence-corrected chi connectivity index (χ2v) is 11.3. The van der Waals surface area contributed by atoms with Gasteiger partial charge in [0.1, 0.15) is 18.3 Å². The molecule has 0 aliphatic carbocycles. The number of hydrogen-bond donors (Lipinski definition) is 7. The van der Waals surface area contributed by atoms with Crippen LogP contribution in [-0.2, 0) is 19.2 Å². The Morgan fingerprint density at radius 3 is 1.12 bits per heavy atom. The van der Waals surface area contributed by atoms with Gasteiger partial charge in [-0.1, -0.05) is 116 Å². The first-order valence-electron chi connectivity index (χ1n) is 15.8. The van der Waals surface area contributed by atoms with Crippen LogP contribution in [0, 0.1) is 11.3 Å². The number of hydrogen-bond acceptors (Lipinski definition) is 10.